The number of hydrogen-bond donors (Lipinski definition) is 2. The second-order valence-electron chi connectivity index (χ2n) is 5.60. The summed E-state index contributed by atoms with van der Waals surface area (Å²) < 4.78 is 1.91. The Hall–Kier alpha value is -1.14. The molecule has 3 N–H and O–H groups in total. The molecule has 6 nitrogen and oxygen atoms in total. The zero-order valence-electron chi connectivity index (χ0n) is 12.6. The van der Waals surface area contributed by atoms with Crippen molar-refractivity contribution in [3.63, 3.8) is 0 Å². The molecule has 0 radical (unpaired) electrons. The molecule has 2 rings (SSSR count). The van der Waals surface area contributed by atoms with E-state index in [4.69, 9.17) is 5.73 Å². The molecule has 1 unspecified atom stereocenters. The maximum atomic E-state index is 12.0. The lowest BCUT2D eigenvalue weighted by Gasteiger charge is -2.24. The van der Waals surface area contributed by atoms with Crippen LogP contribution in [0.2, 0.25) is 0 Å². The minimum atomic E-state index is -0.406. The Balaban J connectivity index is 0.00000220. The first kappa shape index (κ1) is 17.9. The molecule has 0 bridgehead atoms. The number of nitrogens with one attached hydrogen (secondary N) is 1. The van der Waals surface area contributed by atoms with E-state index < -0.39 is 6.04 Å². The van der Waals surface area contributed by atoms with Crippen LogP contribution in [-0.2, 0) is 17.9 Å². The SMILES string of the molecule is CCn1cnnc1CNC(=O)C(N)CC1CCCCC1.Cl. The molecule has 0 aliphatic heterocycles. The van der Waals surface area contributed by atoms with Gasteiger partial charge in [0, 0.05) is 6.54 Å². The molecule has 0 spiro atoms. The van der Waals surface area contributed by atoms with Crippen molar-refractivity contribution in [3.8, 4) is 0 Å². The van der Waals surface area contributed by atoms with Crippen molar-refractivity contribution in [1.82, 2.24) is 20.1 Å². The van der Waals surface area contributed by atoms with E-state index in [1.165, 1.54) is 32.1 Å². The van der Waals surface area contributed by atoms with E-state index in [9.17, 15) is 4.79 Å². The number of nitrogens with two attached hydrogens (primary N) is 1. The lowest BCUT2D eigenvalue weighted by atomic mass is 9.85. The molecule has 1 aromatic rings. The summed E-state index contributed by atoms with van der Waals surface area (Å²) in [5.41, 5.74) is 6.00. The van der Waals surface area contributed by atoms with E-state index in [1.54, 1.807) is 6.33 Å². The number of hydrogen-bond acceptors (Lipinski definition) is 4. The molecule has 1 fully saturated rings. The summed E-state index contributed by atoms with van der Waals surface area (Å²) in [6, 6.07) is -0.406. The van der Waals surface area contributed by atoms with Crippen LogP contribution in [0.25, 0.3) is 0 Å². The summed E-state index contributed by atoms with van der Waals surface area (Å²) in [6.07, 6.45) is 8.77. The summed E-state index contributed by atoms with van der Waals surface area (Å²) in [5.74, 6) is 1.30. The highest BCUT2D eigenvalue weighted by Gasteiger charge is 2.21. The predicted octanol–water partition coefficient (Wildman–Crippen LogP) is 1.63. The lowest BCUT2D eigenvalue weighted by Crippen LogP contribution is -2.42. The van der Waals surface area contributed by atoms with Gasteiger partial charge in [-0.3, -0.25) is 4.79 Å². The first-order valence-corrected chi connectivity index (χ1v) is 7.60. The van der Waals surface area contributed by atoms with Gasteiger partial charge in [0.05, 0.1) is 12.6 Å². The van der Waals surface area contributed by atoms with Gasteiger partial charge in [-0.1, -0.05) is 32.1 Å². The third-order valence-electron chi connectivity index (χ3n) is 4.11. The van der Waals surface area contributed by atoms with Crippen molar-refractivity contribution in [2.45, 2.75) is 64.6 Å². The van der Waals surface area contributed by atoms with Gasteiger partial charge >= 0.3 is 0 Å². The first-order chi connectivity index (χ1) is 9.70. The molecule has 0 aromatic carbocycles. The Morgan fingerprint density at radius 2 is 2.19 bits per heavy atom. The van der Waals surface area contributed by atoms with Crippen LogP contribution in [-0.4, -0.2) is 26.7 Å². The van der Waals surface area contributed by atoms with Gasteiger partial charge in [0.25, 0.3) is 0 Å². The number of halogens is 1. The maximum Gasteiger partial charge on any atom is 0.237 e. The molecule has 21 heavy (non-hydrogen) atoms. The molecular formula is C14H26ClN5O. The molecule has 1 heterocycles. The smallest absolute Gasteiger partial charge is 0.237 e. The Morgan fingerprint density at radius 1 is 1.48 bits per heavy atom. The Morgan fingerprint density at radius 3 is 2.86 bits per heavy atom. The minimum absolute atomic E-state index is 0. The second-order valence-corrected chi connectivity index (χ2v) is 5.60. The molecule has 120 valence electrons. The molecule has 1 saturated carbocycles. The number of carbonyl (C=O) groups excluding carboxylic acids is 1. The van der Waals surface area contributed by atoms with E-state index in [0.29, 0.717) is 12.5 Å². The largest absolute Gasteiger partial charge is 0.347 e. The zero-order valence-corrected chi connectivity index (χ0v) is 13.4. The van der Waals surface area contributed by atoms with Crippen LogP contribution in [0.5, 0.6) is 0 Å². The molecule has 0 saturated heterocycles. The van der Waals surface area contributed by atoms with E-state index in [0.717, 1.165) is 18.8 Å². The van der Waals surface area contributed by atoms with Gasteiger partial charge in [-0.25, -0.2) is 0 Å². The Bertz CT molecular complexity index is 431. The number of rotatable bonds is 6. The number of aromatic nitrogens is 3. The van der Waals surface area contributed by atoms with E-state index in [-0.39, 0.29) is 18.3 Å². The molecule has 7 heteroatoms. The third-order valence-corrected chi connectivity index (χ3v) is 4.11. The quantitative estimate of drug-likeness (QED) is 0.835. The van der Waals surface area contributed by atoms with Crippen molar-refractivity contribution in [2.75, 3.05) is 0 Å². The van der Waals surface area contributed by atoms with Crippen LogP contribution < -0.4 is 11.1 Å². The minimum Gasteiger partial charge on any atom is -0.347 e. The standard InChI is InChI=1S/C14H25N5O.ClH/c1-2-19-10-17-18-13(19)9-16-14(20)12(15)8-11-6-4-3-5-7-11;/h10-12H,2-9,15H2,1H3,(H,16,20);1H. The fraction of sp³-hybridized carbons (Fsp3) is 0.786. The van der Waals surface area contributed by atoms with E-state index >= 15 is 0 Å². The van der Waals surface area contributed by atoms with Gasteiger partial charge in [-0.05, 0) is 19.3 Å². The van der Waals surface area contributed by atoms with Crippen LogP contribution in [0, 0.1) is 5.92 Å². The monoisotopic (exact) mass is 315 g/mol. The summed E-state index contributed by atoms with van der Waals surface area (Å²) in [7, 11) is 0. The van der Waals surface area contributed by atoms with Gasteiger partial charge in [0.1, 0.15) is 6.33 Å². The highest BCUT2D eigenvalue weighted by molar-refractivity contribution is 5.85. The molecule has 1 aliphatic carbocycles. The van der Waals surface area contributed by atoms with Crippen molar-refractivity contribution in [3.05, 3.63) is 12.2 Å². The van der Waals surface area contributed by atoms with E-state index in [2.05, 4.69) is 15.5 Å². The van der Waals surface area contributed by atoms with E-state index in [1.807, 2.05) is 11.5 Å². The number of carbonyl (C=O) groups is 1. The molecule has 1 atom stereocenters. The molecule has 1 aromatic heterocycles. The van der Waals surface area contributed by atoms with Crippen molar-refractivity contribution in [1.29, 1.82) is 0 Å². The summed E-state index contributed by atoms with van der Waals surface area (Å²) in [5, 5.41) is 10.7. The van der Waals surface area contributed by atoms with Crippen LogP contribution in [0.15, 0.2) is 6.33 Å². The molecule has 1 amide bonds. The maximum absolute atomic E-state index is 12.0. The number of nitrogens with zero attached hydrogens (tertiary/aromatic N) is 3. The van der Waals surface area contributed by atoms with Crippen LogP contribution in [0.1, 0.15) is 51.3 Å². The first-order valence-electron chi connectivity index (χ1n) is 7.60. The third kappa shape index (κ3) is 5.28. The van der Waals surface area contributed by atoms with Crippen molar-refractivity contribution < 1.29 is 4.79 Å². The topological polar surface area (TPSA) is 85.8 Å². The number of aryl methyl sites for hydroxylation is 1. The highest BCUT2D eigenvalue weighted by Crippen LogP contribution is 2.26. The van der Waals surface area contributed by atoms with Crippen molar-refractivity contribution >= 4 is 18.3 Å². The fourth-order valence-corrected chi connectivity index (χ4v) is 2.87. The zero-order chi connectivity index (χ0) is 14.4. The van der Waals surface area contributed by atoms with Gasteiger partial charge in [-0.2, -0.15) is 0 Å². The normalized spacial score (nSPS) is 17.0. The lowest BCUT2D eigenvalue weighted by molar-refractivity contribution is -0.123. The van der Waals surface area contributed by atoms with Crippen LogP contribution in [0.4, 0.5) is 0 Å². The predicted molar refractivity (Wildman–Crippen MR) is 84.0 cm³/mol. The van der Waals surface area contributed by atoms with Gasteiger partial charge in [0.2, 0.25) is 5.91 Å². The summed E-state index contributed by atoms with van der Waals surface area (Å²) in [4.78, 5) is 12.0. The average Bonchev–Trinajstić information content (AvgIpc) is 2.93. The Labute approximate surface area is 132 Å². The Kier molecular flexibility index (Phi) is 7.67. The summed E-state index contributed by atoms with van der Waals surface area (Å²) >= 11 is 0. The van der Waals surface area contributed by atoms with Crippen LogP contribution >= 0.6 is 12.4 Å². The fourth-order valence-electron chi connectivity index (χ4n) is 2.87. The van der Waals surface area contributed by atoms with Crippen molar-refractivity contribution in [2.24, 2.45) is 11.7 Å². The van der Waals surface area contributed by atoms with Crippen LogP contribution in [0.3, 0.4) is 0 Å². The number of amides is 1. The molecular weight excluding hydrogens is 290 g/mol. The molecule has 1 aliphatic rings. The highest BCUT2D eigenvalue weighted by atomic mass is 35.5. The second kappa shape index (κ2) is 9.00. The average molecular weight is 316 g/mol. The van der Waals surface area contributed by atoms with Gasteiger partial charge in [0.15, 0.2) is 5.82 Å². The van der Waals surface area contributed by atoms with Gasteiger partial charge < -0.3 is 15.6 Å². The van der Waals surface area contributed by atoms with Gasteiger partial charge in [-0.15, -0.1) is 22.6 Å². The summed E-state index contributed by atoms with van der Waals surface area (Å²) in [6.45, 7) is 3.21.